The summed E-state index contributed by atoms with van der Waals surface area (Å²) in [6, 6.07) is 10.2. The van der Waals surface area contributed by atoms with Gasteiger partial charge in [-0.25, -0.2) is 0 Å². The van der Waals surface area contributed by atoms with E-state index < -0.39 is 30.4 Å². The molecule has 2 aliphatic rings. The van der Waals surface area contributed by atoms with Crippen molar-refractivity contribution in [2.75, 3.05) is 26.2 Å². The fraction of sp³-hybridized carbons (Fsp3) is 0.429. The number of halogens is 1. The van der Waals surface area contributed by atoms with Crippen LogP contribution in [-0.4, -0.2) is 82.5 Å². The van der Waals surface area contributed by atoms with E-state index in [1.807, 2.05) is 4.90 Å². The first-order valence-corrected chi connectivity index (χ1v) is 10.4. The van der Waals surface area contributed by atoms with Gasteiger partial charge in [0.25, 0.3) is 11.8 Å². The third-order valence-corrected chi connectivity index (χ3v) is 5.76. The van der Waals surface area contributed by atoms with E-state index in [2.05, 4.69) is 5.32 Å². The number of hydrogen-bond acceptors (Lipinski definition) is 7. The van der Waals surface area contributed by atoms with Crippen LogP contribution in [0.3, 0.4) is 0 Å². The van der Waals surface area contributed by atoms with Gasteiger partial charge in [-0.15, -0.1) is 0 Å². The normalized spacial score (nSPS) is 23.3. The number of ether oxygens (including phenoxy) is 1. The number of carbonyl (C=O) groups excluding carboxylic acids is 2. The van der Waals surface area contributed by atoms with E-state index >= 15 is 0 Å². The van der Waals surface area contributed by atoms with Gasteiger partial charge in [0.1, 0.15) is 18.4 Å². The summed E-state index contributed by atoms with van der Waals surface area (Å²) in [6.07, 6.45) is -2.55. The number of aliphatic hydroxyl groups is 2. The van der Waals surface area contributed by atoms with E-state index in [4.69, 9.17) is 20.8 Å². The zero-order chi connectivity index (χ0) is 22.0. The fourth-order valence-corrected chi connectivity index (χ4v) is 3.75. The molecule has 3 N–H and O–H groups in total. The van der Waals surface area contributed by atoms with Crippen LogP contribution in [-0.2, 0) is 16.1 Å². The highest BCUT2D eigenvalue weighted by atomic mass is 35.5. The smallest absolute Gasteiger partial charge is 0.289 e. The van der Waals surface area contributed by atoms with Crippen molar-refractivity contribution in [2.45, 2.75) is 31.1 Å². The van der Waals surface area contributed by atoms with Crippen molar-refractivity contribution in [1.82, 2.24) is 15.1 Å². The highest BCUT2D eigenvalue weighted by Crippen LogP contribution is 2.31. The Kier molecular flexibility index (Phi) is 6.59. The number of aliphatic hydroxyl groups excluding tert-OH is 2. The molecule has 2 aromatic rings. The lowest BCUT2D eigenvalue weighted by atomic mass is 10.1. The largest absolute Gasteiger partial charge is 0.459 e. The average molecular weight is 450 g/mol. The molecule has 4 atom stereocenters. The van der Waals surface area contributed by atoms with Crippen LogP contribution in [0.25, 0.3) is 0 Å². The molecule has 31 heavy (non-hydrogen) atoms. The summed E-state index contributed by atoms with van der Waals surface area (Å²) in [5.41, 5.74) is 0.821. The van der Waals surface area contributed by atoms with Gasteiger partial charge >= 0.3 is 0 Å². The van der Waals surface area contributed by atoms with Crippen molar-refractivity contribution < 1.29 is 29.0 Å². The van der Waals surface area contributed by atoms with E-state index in [1.54, 1.807) is 41.3 Å². The molecule has 1 aromatic carbocycles. The maximum absolute atomic E-state index is 12.3. The number of benzene rings is 1. The summed E-state index contributed by atoms with van der Waals surface area (Å²) in [5.74, 6) is -0.534. The number of nitrogens with one attached hydrogen (secondary N) is 1. The lowest BCUT2D eigenvalue weighted by Crippen LogP contribution is -2.51. The molecule has 2 saturated heterocycles. The molecule has 0 bridgehead atoms. The average Bonchev–Trinajstić information content (AvgIpc) is 3.40. The Bertz CT molecular complexity index is 898. The van der Waals surface area contributed by atoms with Gasteiger partial charge in [-0.2, -0.15) is 0 Å². The lowest BCUT2D eigenvalue weighted by Gasteiger charge is -2.33. The molecule has 0 radical (unpaired) electrons. The summed E-state index contributed by atoms with van der Waals surface area (Å²) in [6.45, 7) is 2.30. The lowest BCUT2D eigenvalue weighted by molar-refractivity contribution is -0.136. The Morgan fingerprint density at radius 1 is 1.13 bits per heavy atom. The summed E-state index contributed by atoms with van der Waals surface area (Å²) >= 11 is 5.83. The van der Waals surface area contributed by atoms with E-state index in [0.717, 1.165) is 5.56 Å². The molecule has 10 heteroatoms. The molecule has 2 fully saturated rings. The molecule has 0 saturated carbocycles. The van der Waals surface area contributed by atoms with Crippen molar-refractivity contribution in [3.63, 3.8) is 0 Å². The molecule has 1 aromatic heterocycles. The van der Waals surface area contributed by atoms with Gasteiger partial charge in [-0.1, -0.05) is 23.7 Å². The standard InChI is InChI=1S/C21H24ClN3O6/c22-14-5-3-13(4-6-14)12-23-19(28)17(27)16(26)18-21(31-18)25-9-7-24(8-10-25)20(29)15-2-1-11-30-15/h1-6,11,16-18,21,26-27H,7-10,12H2,(H,23,28)/t16-,17-,18?,21?/m1/s1. The first kappa shape index (κ1) is 21.8. The number of nitrogens with zero attached hydrogens (tertiary/aromatic N) is 2. The number of piperazine rings is 1. The minimum Gasteiger partial charge on any atom is -0.459 e. The zero-order valence-corrected chi connectivity index (χ0v) is 17.4. The highest BCUT2D eigenvalue weighted by Gasteiger charge is 2.52. The predicted molar refractivity (Wildman–Crippen MR) is 110 cm³/mol. The van der Waals surface area contributed by atoms with Crippen LogP contribution in [0, 0.1) is 0 Å². The quantitative estimate of drug-likeness (QED) is 0.525. The first-order chi connectivity index (χ1) is 14.9. The zero-order valence-electron chi connectivity index (χ0n) is 16.7. The summed E-state index contributed by atoms with van der Waals surface area (Å²) in [4.78, 5) is 28.2. The second kappa shape index (κ2) is 9.37. The maximum atomic E-state index is 12.3. The number of amides is 2. The Labute approximate surface area is 184 Å². The van der Waals surface area contributed by atoms with Crippen molar-refractivity contribution in [3.8, 4) is 0 Å². The van der Waals surface area contributed by atoms with Gasteiger partial charge in [0.2, 0.25) is 0 Å². The fourth-order valence-electron chi connectivity index (χ4n) is 3.62. The number of furan rings is 1. The minimum atomic E-state index is -1.61. The molecule has 4 rings (SSSR count). The molecular formula is C21H24ClN3O6. The summed E-state index contributed by atoms with van der Waals surface area (Å²) in [5, 5.41) is 23.8. The van der Waals surface area contributed by atoms with Crippen LogP contribution in [0.15, 0.2) is 47.1 Å². The van der Waals surface area contributed by atoms with E-state index in [0.29, 0.717) is 37.0 Å². The Balaban J connectivity index is 1.22. The van der Waals surface area contributed by atoms with E-state index in [-0.39, 0.29) is 12.5 Å². The van der Waals surface area contributed by atoms with Gasteiger partial charge in [0, 0.05) is 37.7 Å². The number of carbonyl (C=O) groups is 2. The Hall–Kier alpha value is -2.43. The molecule has 166 valence electrons. The van der Waals surface area contributed by atoms with E-state index in [9.17, 15) is 19.8 Å². The van der Waals surface area contributed by atoms with Crippen molar-refractivity contribution >= 4 is 23.4 Å². The molecule has 2 amide bonds. The molecule has 2 aliphatic heterocycles. The van der Waals surface area contributed by atoms with Crippen LogP contribution < -0.4 is 5.32 Å². The second-order valence-electron chi connectivity index (χ2n) is 7.58. The molecular weight excluding hydrogens is 426 g/mol. The molecule has 3 heterocycles. The number of epoxide rings is 1. The number of hydrogen-bond donors (Lipinski definition) is 3. The Morgan fingerprint density at radius 2 is 1.84 bits per heavy atom. The van der Waals surface area contributed by atoms with Crippen molar-refractivity contribution in [1.29, 1.82) is 0 Å². The minimum absolute atomic E-state index is 0.161. The van der Waals surface area contributed by atoms with Crippen molar-refractivity contribution in [3.05, 3.63) is 59.0 Å². The first-order valence-electron chi connectivity index (χ1n) is 10.0. The van der Waals surface area contributed by atoms with Gasteiger partial charge in [-0.3, -0.25) is 14.5 Å². The third-order valence-electron chi connectivity index (χ3n) is 5.50. The predicted octanol–water partition coefficient (Wildman–Crippen LogP) is 0.454. The van der Waals surface area contributed by atoms with Crippen LogP contribution in [0.2, 0.25) is 5.02 Å². The van der Waals surface area contributed by atoms with Gasteiger partial charge in [-0.05, 0) is 29.8 Å². The van der Waals surface area contributed by atoms with Gasteiger partial charge < -0.3 is 29.6 Å². The number of rotatable bonds is 7. The molecule has 9 nitrogen and oxygen atoms in total. The van der Waals surface area contributed by atoms with Crippen LogP contribution in [0.1, 0.15) is 16.1 Å². The summed E-state index contributed by atoms with van der Waals surface area (Å²) in [7, 11) is 0. The Morgan fingerprint density at radius 3 is 2.48 bits per heavy atom. The topological polar surface area (TPSA) is 119 Å². The van der Waals surface area contributed by atoms with Gasteiger partial charge in [0.05, 0.1) is 6.26 Å². The van der Waals surface area contributed by atoms with Crippen LogP contribution >= 0.6 is 11.6 Å². The van der Waals surface area contributed by atoms with Crippen molar-refractivity contribution in [2.24, 2.45) is 0 Å². The monoisotopic (exact) mass is 449 g/mol. The van der Waals surface area contributed by atoms with Crippen LogP contribution in [0.4, 0.5) is 0 Å². The van der Waals surface area contributed by atoms with E-state index in [1.165, 1.54) is 6.26 Å². The second-order valence-corrected chi connectivity index (χ2v) is 8.01. The van der Waals surface area contributed by atoms with Gasteiger partial charge in [0.15, 0.2) is 11.9 Å². The molecule has 2 unspecified atom stereocenters. The highest BCUT2D eigenvalue weighted by molar-refractivity contribution is 6.30. The third kappa shape index (κ3) is 5.08. The maximum Gasteiger partial charge on any atom is 0.289 e. The molecule has 0 spiro atoms. The molecule has 0 aliphatic carbocycles. The summed E-state index contributed by atoms with van der Waals surface area (Å²) < 4.78 is 10.7. The SMILES string of the molecule is O=C(NCc1ccc(Cl)cc1)[C@H](O)[C@@H](O)C1OC1N1CCN(C(=O)c2ccco2)CC1. The van der Waals surface area contributed by atoms with Crippen LogP contribution in [0.5, 0.6) is 0 Å².